The number of anilines is 1. The van der Waals surface area contributed by atoms with Crippen LogP contribution in [0.15, 0.2) is 48.5 Å². The van der Waals surface area contributed by atoms with Crippen LogP contribution in [0.2, 0.25) is 0 Å². The molecule has 3 rings (SSSR count). The number of para-hydroxylation sites is 1. The Morgan fingerprint density at radius 3 is 2.57 bits per heavy atom. The van der Waals surface area contributed by atoms with Gasteiger partial charge in [0.15, 0.2) is 0 Å². The summed E-state index contributed by atoms with van der Waals surface area (Å²) in [4.78, 5) is 25.5. The first-order valence-electron chi connectivity index (χ1n) is 7.05. The lowest BCUT2D eigenvalue weighted by atomic mass is 10.0. The summed E-state index contributed by atoms with van der Waals surface area (Å²) >= 11 is 0. The molecular formula is C17H14N4O2. The summed E-state index contributed by atoms with van der Waals surface area (Å²) in [5.41, 5.74) is 7.82. The van der Waals surface area contributed by atoms with E-state index >= 15 is 0 Å². The zero-order valence-electron chi connectivity index (χ0n) is 12.2. The number of amides is 2. The van der Waals surface area contributed by atoms with Crippen molar-refractivity contribution >= 4 is 17.5 Å². The highest BCUT2D eigenvalue weighted by Gasteiger charge is 2.32. The van der Waals surface area contributed by atoms with E-state index in [4.69, 9.17) is 11.0 Å². The van der Waals surface area contributed by atoms with Crippen molar-refractivity contribution in [2.24, 2.45) is 5.73 Å². The van der Waals surface area contributed by atoms with Gasteiger partial charge >= 0.3 is 0 Å². The summed E-state index contributed by atoms with van der Waals surface area (Å²) in [7, 11) is 0. The van der Waals surface area contributed by atoms with Crippen molar-refractivity contribution in [2.45, 2.75) is 6.17 Å². The van der Waals surface area contributed by atoms with Gasteiger partial charge in [0.05, 0.1) is 29.4 Å². The number of rotatable bonds is 3. The van der Waals surface area contributed by atoms with Gasteiger partial charge in [-0.25, -0.2) is 0 Å². The van der Waals surface area contributed by atoms with Crippen LogP contribution in [0.3, 0.4) is 0 Å². The Labute approximate surface area is 133 Å². The highest BCUT2D eigenvalue weighted by atomic mass is 16.2. The summed E-state index contributed by atoms with van der Waals surface area (Å²) in [5.74, 6) is -0.703. The van der Waals surface area contributed by atoms with Crippen LogP contribution in [0, 0.1) is 11.3 Å². The average molecular weight is 306 g/mol. The van der Waals surface area contributed by atoms with E-state index in [0.29, 0.717) is 16.8 Å². The first-order valence-corrected chi connectivity index (χ1v) is 7.05. The van der Waals surface area contributed by atoms with Gasteiger partial charge in [0.2, 0.25) is 5.91 Å². The highest BCUT2D eigenvalue weighted by Crippen LogP contribution is 2.32. The van der Waals surface area contributed by atoms with Gasteiger partial charge in [0, 0.05) is 0 Å². The molecule has 0 radical (unpaired) electrons. The molecule has 2 amide bonds. The van der Waals surface area contributed by atoms with E-state index in [9.17, 15) is 9.59 Å². The van der Waals surface area contributed by atoms with Crippen LogP contribution >= 0.6 is 0 Å². The molecule has 2 aromatic rings. The smallest absolute Gasteiger partial charge is 0.255 e. The van der Waals surface area contributed by atoms with Crippen LogP contribution in [-0.4, -0.2) is 18.4 Å². The second kappa shape index (κ2) is 5.81. The average Bonchev–Trinajstić information content (AvgIpc) is 2.57. The third-order valence-corrected chi connectivity index (χ3v) is 3.72. The van der Waals surface area contributed by atoms with Crippen LogP contribution < -0.4 is 16.0 Å². The van der Waals surface area contributed by atoms with Crippen molar-refractivity contribution in [2.75, 3.05) is 11.4 Å². The van der Waals surface area contributed by atoms with E-state index in [-0.39, 0.29) is 12.5 Å². The number of hydrogen-bond acceptors (Lipinski definition) is 4. The predicted octanol–water partition coefficient (Wildman–Crippen LogP) is 1.29. The molecule has 0 bridgehead atoms. The van der Waals surface area contributed by atoms with Crippen molar-refractivity contribution < 1.29 is 9.59 Å². The zero-order valence-corrected chi connectivity index (χ0v) is 12.2. The van der Waals surface area contributed by atoms with Crippen molar-refractivity contribution in [3.05, 3.63) is 65.2 Å². The van der Waals surface area contributed by atoms with Crippen LogP contribution in [-0.2, 0) is 4.79 Å². The molecular weight excluding hydrogens is 292 g/mol. The van der Waals surface area contributed by atoms with Crippen LogP contribution in [0.4, 0.5) is 5.69 Å². The fourth-order valence-electron chi connectivity index (χ4n) is 2.68. The molecule has 0 unspecified atom stereocenters. The maximum Gasteiger partial charge on any atom is 0.255 e. The van der Waals surface area contributed by atoms with Crippen LogP contribution in [0.25, 0.3) is 0 Å². The molecule has 23 heavy (non-hydrogen) atoms. The third kappa shape index (κ3) is 2.72. The Balaban J connectivity index is 2.06. The number of nitrogens with one attached hydrogen (secondary N) is 1. The van der Waals surface area contributed by atoms with E-state index in [2.05, 4.69) is 5.32 Å². The molecule has 6 heteroatoms. The van der Waals surface area contributed by atoms with Gasteiger partial charge < -0.3 is 16.0 Å². The van der Waals surface area contributed by atoms with Crippen molar-refractivity contribution in [1.29, 1.82) is 5.26 Å². The third-order valence-electron chi connectivity index (χ3n) is 3.72. The van der Waals surface area contributed by atoms with Crippen LogP contribution in [0.5, 0.6) is 0 Å². The molecule has 1 aliphatic heterocycles. The number of fused-ring (bicyclic) bond motifs is 1. The minimum absolute atomic E-state index is 0.0258. The quantitative estimate of drug-likeness (QED) is 0.892. The number of nitrogens with two attached hydrogens (primary N) is 1. The van der Waals surface area contributed by atoms with Gasteiger partial charge in [-0.2, -0.15) is 5.26 Å². The maximum atomic E-state index is 12.3. The fourth-order valence-corrected chi connectivity index (χ4v) is 2.68. The topological polar surface area (TPSA) is 99.2 Å². The van der Waals surface area contributed by atoms with E-state index in [1.807, 2.05) is 6.07 Å². The Morgan fingerprint density at radius 2 is 1.91 bits per heavy atom. The van der Waals surface area contributed by atoms with Gasteiger partial charge in [-0.15, -0.1) is 0 Å². The highest BCUT2D eigenvalue weighted by molar-refractivity contribution is 6.02. The number of benzene rings is 2. The standard InChI is InChI=1S/C17H14N4O2/c18-9-11-5-7-12(8-6-11)16-20-17(23)13-3-1-2-4-14(13)21(16)10-15(19)22/h1-8,16H,10H2,(H2,19,22)(H,20,23)/t16-/m1/s1. The molecule has 0 aromatic heterocycles. The number of carbonyl (C=O) groups excluding carboxylic acids is 2. The minimum Gasteiger partial charge on any atom is -0.368 e. The first kappa shape index (κ1) is 14.6. The Kier molecular flexibility index (Phi) is 3.69. The second-order valence-corrected chi connectivity index (χ2v) is 5.22. The van der Waals surface area contributed by atoms with E-state index in [1.165, 1.54) is 0 Å². The Morgan fingerprint density at radius 1 is 1.22 bits per heavy atom. The number of hydrogen-bond donors (Lipinski definition) is 2. The molecule has 0 saturated heterocycles. The number of carbonyl (C=O) groups is 2. The molecule has 0 fully saturated rings. The SMILES string of the molecule is N#Cc1ccc([C@@H]2NC(=O)c3ccccc3N2CC(N)=O)cc1. The van der Waals surface area contributed by atoms with Crippen molar-refractivity contribution in [3.63, 3.8) is 0 Å². The van der Waals surface area contributed by atoms with E-state index < -0.39 is 12.1 Å². The molecule has 2 aromatic carbocycles. The Hall–Kier alpha value is -3.33. The summed E-state index contributed by atoms with van der Waals surface area (Å²) in [6, 6.07) is 16.0. The lowest BCUT2D eigenvalue weighted by molar-refractivity contribution is -0.116. The summed E-state index contributed by atoms with van der Waals surface area (Å²) < 4.78 is 0. The first-order chi connectivity index (χ1) is 11.1. The summed E-state index contributed by atoms with van der Waals surface area (Å²) in [5, 5.41) is 11.8. The van der Waals surface area contributed by atoms with Gasteiger partial charge in [-0.05, 0) is 29.8 Å². The normalized spacial score (nSPS) is 16.2. The van der Waals surface area contributed by atoms with Crippen LogP contribution in [0.1, 0.15) is 27.7 Å². The monoisotopic (exact) mass is 306 g/mol. The summed E-state index contributed by atoms with van der Waals surface area (Å²) in [6.45, 7) is -0.0258. The van der Waals surface area contributed by atoms with Crippen molar-refractivity contribution in [1.82, 2.24) is 5.32 Å². The molecule has 0 aliphatic carbocycles. The lowest BCUT2D eigenvalue weighted by Crippen LogP contribution is -2.49. The second-order valence-electron chi connectivity index (χ2n) is 5.22. The molecule has 0 saturated carbocycles. The lowest BCUT2D eigenvalue weighted by Gasteiger charge is -2.38. The van der Waals surface area contributed by atoms with Crippen molar-refractivity contribution in [3.8, 4) is 6.07 Å². The minimum atomic E-state index is -0.516. The molecule has 1 heterocycles. The maximum absolute atomic E-state index is 12.3. The fraction of sp³-hybridized carbons (Fsp3) is 0.118. The molecule has 3 N–H and O–H groups in total. The molecule has 0 spiro atoms. The number of nitriles is 1. The van der Waals surface area contributed by atoms with E-state index in [1.54, 1.807) is 53.4 Å². The Bertz CT molecular complexity index is 808. The largest absolute Gasteiger partial charge is 0.368 e. The number of primary amides is 1. The van der Waals surface area contributed by atoms with Gasteiger partial charge in [0.25, 0.3) is 5.91 Å². The number of nitrogens with zero attached hydrogens (tertiary/aromatic N) is 2. The molecule has 6 nitrogen and oxygen atoms in total. The predicted molar refractivity (Wildman–Crippen MR) is 84.3 cm³/mol. The van der Waals surface area contributed by atoms with Gasteiger partial charge in [-0.3, -0.25) is 9.59 Å². The molecule has 114 valence electrons. The molecule has 1 atom stereocenters. The van der Waals surface area contributed by atoms with Gasteiger partial charge in [-0.1, -0.05) is 24.3 Å². The van der Waals surface area contributed by atoms with E-state index in [0.717, 1.165) is 5.56 Å². The summed E-state index contributed by atoms with van der Waals surface area (Å²) in [6.07, 6.45) is -0.516. The molecule has 1 aliphatic rings. The van der Waals surface area contributed by atoms with Gasteiger partial charge in [0.1, 0.15) is 6.17 Å². The zero-order chi connectivity index (χ0) is 16.4.